The summed E-state index contributed by atoms with van der Waals surface area (Å²) in [6.07, 6.45) is 1.69. The minimum absolute atomic E-state index is 0. The Labute approximate surface area is 137 Å². The van der Waals surface area contributed by atoms with Crippen molar-refractivity contribution in [2.75, 3.05) is 0 Å². The van der Waals surface area contributed by atoms with Gasteiger partial charge in [0.2, 0.25) is 0 Å². The normalized spacial score (nSPS) is 35.3. The van der Waals surface area contributed by atoms with Gasteiger partial charge in [-0.15, -0.1) is 11.8 Å². The van der Waals surface area contributed by atoms with Gasteiger partial charge in [0.15, 0.2) is 0 Å². The molecule has 1 aliphatic heterocycles. The van der Waals surface area contributed by atoms with Gasteiger partial charge >= 0.3 is 51.4 Å². The maximum Gasteiger partial charge on any atom is 1.00 e. The molecule has 0 bridgehead atoms. The van der Waals surface area contributed by atoms with Gasteiger partial charge in [0.1, 0.15) is 0 Å². The Bertz CT molecular complexity index is 368. The van der Waals surface area contributed by atoms with Crippen molar-refractivity contribution in [1.29, 1.82) is 0 Å². The molecule has 0 saturated heterocycles. The molecule has 15 heavy (non-hydrogen) atoms. The van der Waals surface area contributed by atoms with E-state index >= 15 is 0 Å². The van der Waals surface area contributed by atoms with Crippen LogP contribution in [0.3, 0.4) is 0 Å². The molecule has 0 aromatic carbocycles. The van der Waals surface area contributed by atoms with Gasteiger partial charge < -0.3 is 4.55 Å². The number of thioether (sulfide) groups is 1. The number of aliphatic imine (C=N–C) groups is 1. The van der Waals surface area contributed by atoms with Crippen molar-refractivity contribution >= 4 is 26.9 Å². The Balaban J connectivity index is 0.00000112. The molecule has 0 aromatic rings. The second-order valence-corrected chi connectivity index (χ2v) is 6.88. The van der Waals surface area contributed by atoms with Crippen molar-refractivity contribution in [3.63, 3.8) is 0 Å². The summed E-state index contributed by atoms with van der Waals surface area (Å²) in [5.74, 6) is 0. The molecule has 0 amide bonds. The van der Waals surface area contributed by atoms with Crippen molar-refractivity contribution in [2.45, 2.75) is 42.7 Å². The Hall–Kier alpha value is 1.57. The molecule has 1 heterocycles. The predicted molar refractivity (Wildman–Crippen MR) is 55.6 cm³/mol. The zero-order valence-electron chi connectivity index (χ0n) is 8.84. The third-order valence-corrected chi connectivity index (χ3v) is 5.29. The largest absolute Gasteiger partial charge is 1.00 e. The molecule has 4 nitrogen and oxygen atoms in total. The third-order valence-electron chi connectivity index (χ3n) is 2.79. The fourth-order valence-corrected chi connectivity index (χ4v) is 4.40. The van der Waals surface area contributed by atoms with Crippen LogP contribution in [-0.4, -0.2) is 34.6 Å². The van der Waals surface area contributed by atoms with E-state index in [1.165, 1.54) is 0 Å². The van der Waals surface area contributed by atoms with Crippen LogP contribution < -0.4 is 51.4 Å². The van der Waals surface area contributed by atoms with Crippen molar-refractivity contribution in [1.82, 2.24) is 0 Å². The number of nitrogens with zero attached hydrogens (tertiary/aromatic N) is 1. The van der Waals surface area contributed by atoms with Crippen molar-refractivity contribution in [3.8, 4) is 0 Å². The molecule has 1 fully saturated rings. The summed E-state index contributed by atoms with van der Waals surface area (Å²) in [4.78, 5) is 4.41. The van der Waals surface area contributed by atoms with E-state index in [0.717, 1.165) is 11.5 Å². The maximum absolute atomic E-state index is 10.9. The predicted octanol–water partition coefficient (Wildman–Crippen LogP) is -2.01. The van der Waals surface area contributed by atoms with Gasteiger partial charge in [-0.3, -0.25) is 4.99 Å². The van der Waals surface area contributed by atoms with Crippen LogP contribution in [0, 0.1) is 0 Å². The van der Waals surface area contributed by atoms with E-state index in [0.29, 0.717) is 12.8 Å². The van der Waals surface area contributed by atoms with Gasteiger partial charge in [-0.25, -0.2) is 8.42 Å². The molecule has 2 rings (SSSR count). The molecule has 3 unspecified atom stereocenters. The average molecular weight is 273 g/mol. The minimum atomic E-state index is -4.10. The van der Waals surface area contributed by atoms with Crippen molar-refractivity contribution < 1.29 is 64.4 Å². The molecular weight excluding hydrogens is 261 g/mol. The zero-order chi connectivity index (χ0) is 10.3. The summed E-state index contributed by atoms with van der Waals surface area (Å²) in [5.41, 5.74) is 0. The van der Waals surface area contributed by atoms with Gasteiger partial charge in [0.25, 0.3) is 0 Å². The molecule has 0 aromatic heterocycles. The fraction of sp³-hybridized carbons (Fsp3) is 0.875. The smallest absolute Gasteiger partial charge is 0.748 e. The molecule has 0 spiro atoms. The van der Waals surface area contributed by atoms with Gasteiger partial charge in [0, 0.05) is 5.25 Å². The van der Waals surface area contributed by atoms with E-state index in [-0.39, 0.29) is 62.7 Å². The van der Waals surface area contributed by atoms with Gasteiger partial charge in [-0.05, 0) is 26.2 Å². The van der Waals surface area contributed by atoms with E-state index in [9.17, 15) is 13.0 Å². The van der Waals surface area contributed by atoms with Crippen LogP contribution >= 0.6 is 11.8 Å². The first kappa shape index (κ1) is 14.6. The summed E-state index contributed by atoms with van der Waals surface area (Å²) in [6.45, 7) is 1.93. The summed E-state index contributed by atoms with van der Waals surface area (Å²) in [7, 11) is -4.10. The van der Waals surface area contributed by atoms with Gasteiger partial charge in [-0.1, -0.05) is 0 Å². The zero-order valence-corrected chi connectivity index (χ0v) is 13.6. The quantitative estimate of drug-likeness (QED) is 0.409. The molecule has 1 aliphatic carbocycles. The Kier molecular flexibility index (Phi) is 5.34. The Morgan fingerprint density at radius 3 is 2.73 bits per heavy atom. The second kappa shape index (κ2) is 5.47. The first-order valence-corrected chi connectivity index (χ1v) is 6.97. The molecule has 80 valence electrons. The Morgan fingerprint density at radius 1 is 1.47 bits per heavy atom. The van der Waals surface area contributed by atoms with Crippen LogP contribution in [0.1, 0.15) is 26.2 Å². The van der Waals surface area contributed by atoms with E-state index in [4.69, 9.17) is 0 Å². The first-order chi connectivity index (χ1) is 6.47. The average Bonchev–Trinajstić information content (AvgIpc) is 2.41. The van der Waals surface area contributed by atoms with Crippen LogP contribution in [0.25, 0.3) is 0 Å². The number of hydrogen-bond donors (Lipinski definition) is 0. The first-order valence-electron chi connectivity index (χ1n) is 4.62. The van der Waals surface area contributed by atoms with Crippen LogP contribution in [-0.2, 0) is 10.1 Å². The fourth-order valence-electron chi connectivity index (χ4n) is 2.10. The number of fused-ring (bicyclic) bond motifs is 1. The monoisotopic (exact) mass is 273 g/mol. The molecule has 2 aliphatic rings. The van der Waals surface area contributed by atoms with Gasteiger partial charge in [-0.2, -0.15) is 0 Å². The van der Waals surface area contributed by atoms with E-state index in [2.05, 4.69) is 4.99 Å². The minimum Gasteiger partial charge on any atom is -0.748 e. The Morgan fingerprint density at radius 2 is 2.13 bits per heavy atom. The second-order valence-electron chi connectivity index (χ2n) is 3.80. The van der Waals surface area contributed by atoms with Crippen molar-refractivity contribution in [3.05, 3.63) is 0 Å². The molecule has 1 saturated carbocycles. The number of hydrogen-bond acceptors (Lipinski definition) is 5. The molecule has 0 N–H and O–H groups in total. The van der Waals surface area contributed by atoms with Crippen molar-refractivity contribution in [2.24, 2.45) is 4.99 Å². The molecule has 7 heteroatoms. The van der Waals surface area contributed by atoms with E-state index in [1.54, 1.807) is 11.8 Å². The molecule has 0 radical (unpaired) electrons. The SMILES string of the molecule is CC1=NC2CCC(S(=O)(=O)[O-])CC2S1.[K+]. The maximum atomic E-state index is 10.9. The standard InChI is InChI=1S/C8H13NO3S2.K/c1-5-9-7-3-2-6(14(10,11)12)4-8(7)13-5;/h6-8H,2-4H2,1H3,(H,10,11,12);/q;+1/p-1. The summed E-state index contributed by atoms with van der Waals surface area (Å²) in [6, 6.07) is 0.248. The third kappa shape index (κ3) is 3.51. The van der Waals surface area contributed by atoms with Crippen LogP contribution in [0.15, 0.2) is 4.99 Å². The van der Waals surface area contributed by atoms with E-state index in [1.807, 2.05) is 6.92 Å². The molecular formula is C8H12KNO3S2. The van der Waals surface area contributed by atoms with Crippen LogP contribution in [0.5, 0.6) is 0 Å². The van der Waals surface area contributed by atoms with Crippen LogP contribution in [0.2, 0.25) is 0 Å². The molecule has 3 atom stereocenters. The van der Waals surface area contributed by atoms with Gasteiger partial charge in [0.05, 0.1) is 26.5 Å². The van der Waals surface area contributed by atoms with E-state index < -0.39 is 15.4 Å². The van der Waals surface area contributed by atoms with Crippen LogP contribution in [0.4, 0.5) is 0 Å². The summed E-state index contributed by atoms with van der Waals surface area (Å²) in [5, 5.41) is 0.554. The summed E-state index contributed by atoms with van der Waals surface area (Å²) < 4.78 is 32.6. The topological polar surface area (TPSA) is 69.6 Å². The summed E-state index contributed by atoms with van der Waals surface area (Å²) >= 11 is 1.62. The number of rotatable bonds is 1.